The number of piperidine rings is 1. The maximum absolute atomic E-state index is 14.0. The van der Waals surface area contributed by atoms with Gasteiger partial charge in [-0.2, -0.15) is 9.57 Å². The van der Waals surface area contributed by atoms with E-state index in [1.807, 2.05) is 29.2 Å². The number of fused-ring (bicyclic) bond motifs is 4. The molecule has 5 aromatic rings. The molecular weight excluding hydrogens is 641 g/mol. The van der Waals surface area contributed by atoms with E-state index >= 15 is 0 Å². The third kappa shape index (κ3) is 4.76. The standard InChI is InChI=1S/C36H36N8O4S/c1-48-31-15-25(36(45)43-18-24-8-11-29(43)32(24)38)13-28-33(31)44(26-19-41(20-26)49(46,47)27-9-6-21(16-37)7-10-27)35(40-28)30-14-23-3-2-12-39-34(23)42(30)17-22-4-5-22/h2-3,6-7,9-10,12-15,22,24,26,29,32H,4-5,8,11,17-20,38H2,1H3/t24-,29-,32-/m1/s1. The molecule has 2 aliphatic carbocycles. The number of nitriles is 1. The number of hydrogen-bond donors (Lipinski definition) is 1. The molecule has 0 spiro atoms. The molecule has 2 N–H and O–H groups in total. The summed E-state index contributed by atoms with van der Waals surface area (Å²) in [5, 5.41) is 10.2. The molecule has 2 aliphatic heterocycles. The van der Waals surface area contributed by atoms with Crippen molar-refractivity contribution >= 4 is 38.0 Å². The summed E-state index contributed by atoms with van der Waals surface area (Å²) < 4.78 is 39.0. The van der Waals surface area contributed by atoms with Crippen molar-refractivity contribution in [2.75, 3.05) is 26.7 Å². The van der Waals surface area contributed by atoms with E-state index in [4.69, 9.17) is 20.4 Å². The van der Waals surface area contributed by atoms with Crippen LogP contribution in [0.2, 0.25) is 0 Å². The predicted octanol–water partition coefficient (Wildman–Crippen LogP) is 4.15. The third-order valence-electron chi connectivity index (χ3n) is 11.0. The molecule has 2 saturated carbocycles. The van der Waals surface area contributed by atoms with Gasteiger partial charge in [0.1, 0.15) is 16.9 Å². The Morgan fingerprint density at radius 3 is 2.53 bits per heavy atom. The van der Waals surface area contributed by atoms with Gasteiger partial charge in [-0.15, -0.1) is 0 Å². The lowest BCUT2D eigenvalue weighted by atomic mass is 10.1. The van der Waals surface area contributed by atoms with Crippen LogP contribution in [0.25, 0.3) is 33.6 Å². The van der Waals surface area contributed by atoms with Crippen molar-refractivity contribution in [1.82, 2.24) is 28.3 Å². The van der Waals surface area contributed by atoms with Crippen LogP contribution < -0.4 is 10.5 Å². The first-order chi connectivity index (χ1) is 23.7. The zero-order valence-electron chi connectivity index (χ0n) is 27.1. The van der Waals surface area contributed by atoms with Gasteiger partial charge in [0, 0.05) is 55.4 Å². The first kappa shape index (κ1) is 30.3. The Balaban J connectivity index is 1.16. The van der Waals surface area contributed by atoms with Gasteiger partial charge < -0.3 is 24.5 Å². The van der Waals surface area contributed by atoms with Crippen LogP contribution in [0.3, 0.4) is 0 Å². The highest BCUT2D eigenvalue weighted by Crippen LogP contribution is 2.43. The van der Waals surface area contributed by atoms with E-state index in [2.05, 4.69) is 15.2 Å². The van der Waals surface area contributed by atoms with Crippen molar-refractivity contribution in [3.05, 3.63) is 71.9 Å². The van der Waals surface area contributed by atoms with E-state index in [0.717, 1.165) is 49.0 Å². The Hall–Kier alpha value is -4.77. The van der Waals surface area contributed by atoms with Crippen LogP contribution in [0.5, 0.6) is 5.75 Å². The Morgan fingerprint density at radius 1 is 1.06 bits per heavy atom. The summed E-state index contributed by atoms with van der Waals surface area (Å²) in [4.78, 5) is 26.0. The molecule has 5 heterocycles. The molecule has 0 unspecified atom stereocenters. The van der Waals surface area contributed by atoms with Gasteiger partial charge in [-0.1, -0.05) is 0 Å². The zero-order valence-corrected chi connectivity index (χ0v) is 27.9. The van der Waals surface area contributed by atoms with Crippen molar-refractivity contribution in [3.63, 3.8) is 0 Å². The fourth-order valence-electron chi connectivity index (χ4n) is 8.10. The molecular formula is C36H36N8O4S. The van der Waals surface area contributed by atoms with Crippen LogP contribution in [0.15, 0.2) is 65.7 Å². The van der Waals surface area contributed by atoms with E-state index in [0.29, 0.717) is 52.1 Å². The molecule has 250 valence electrons. The number of likely N-dealkylation sites (tertiary alicyclic amines) is 1. The second-order valence-corrected chi connectivity index (χ2v) is 15.8. The summed E-state index contributed by atoms with van der Waals surface area (Å²) in [5.41, 5.74) is 10.4. The van der Waals surface area contributed by atoms with E-state index < -0.39 is 10.0 Å². The molecule has 2 aromatic carbocycles. The first-order valence-electron chi connectivity index (χ1n) is 16.9. The smallest absolute Gasteiger partial charge is 0.254 e. The van der Waals surface area contributed by atoms with Gasteiger partial charge in [0.25, 0.3) is 5.91 Å². The Labute approximate surface area is 283 Å². The molecule has 4 aliphatic rings. The molecule has 3 atom stereocenters. The topological polar surface area (TPSA) is 152 Å². The minimum Gasteiger partial charge on any atom is -0.494 e. The predicted molar refractivity (Wildman–Crippen MR) is 182 cm³/mol. The fourth-order valence-corrected chi connectivity index (χ4v) is 9.61. The molecule has 13 heteroatoms. The number of rotatable bonds is 8. The lowest BCUT2D eigenvalue weighted by Crippen LogP contribution is -2.50. The monoisotopic (exact) mass is 676 g/mol. The molecule has 2 saturated heterocycles. The minimum absolute atomic E-state index is 0.00417. The van der Waals surface area contributed by atoms with E-state index in [1.165, 1.54) is 28.6 Å². The average molecular weight is 677 g/mol. The van der Waals surface area contributed by atoms with Crippen LogP contribution in [0, 0.1) is 23.2 Å². The summed E-state index contributed by atoms with van der Waals surface area (Å²) in [6.45, 7) is 1.91. The number of sulfonamides is 1. The maximum Gasteiger partial charge on any atom is 0.254 e. The largest absolute Gasteiger partial charge is 0.494 e. The molecule has 49 heavy (non-hydrogen) atoms. The lowest BCUT2D eigenvalue weighted by Gasteiger charge is -2.39. The third-order valence-corrected chi connectivity index (χ3v) is 12.8. The number of nitrogens with zero attached hydrogens (tertiary/aromatic N) is 7. The van der Waals surface area contributed by atoms with Crippen molar-refractivity contribution in [3.8, 4) is 23.3 Å². The van der Waals surface area contributed by atoms with Gasteiger partial charge in [0.15, 0.2) is 5.82 Å². The number of imidazole rings is 1. The van der Waals surface area contributed by atoms with Crippen molar-refractivity contribution in [1.29, 1.82) is 5.26 Å². The number of carbonyl (C=O) groups excluding carboxylic acids is 1. The number of pyridine rings is 1. The summed E-state index contributed by atoms with van der Waals surface area (Å²) in [6, 6.07) is 17.5. The average Bonchev–Trinajstić information content (AvgIpc) is 3.44. The van der Waals surface area contributed by atoms with Crippen LogP contribution in [-0.4, -0.2) is 81.5 Å². The van der Waals surface area contributed by atoms with Gasteiger partial charge in [0.2, 0.25) is 10.0 Å². The van der Waals surface area contributed by atoms with E-state index in [-0.39, 0.29) is 42.0 Å². The van der Waals surface area contributed by atoms with Gasteiger partial charge in [-0.3, -0.25) is 4.79 Å². The van der Waals surface area contributed by atoms with Gasteiger partial charge >= 0.3 is 0 Å². The van der Waals surface area contributed by atoms with Gasteiger partial charge in [0.05, 0.1) is 40.9 Å². The molecule has 0 radical (unpaired) electrons. The Morgan fingerprint density at radius 2 is 1.86 bits per heavy atom. The van der Waals surface area contributed by atoms with Crippen LogP contribution in [0.1, 0.15) is 47.6 Å². The molecule has 9 rings (SSSR count). The summed E-state index contributed by atoms with van der Waals surface area (Å²) in [5.74, 6) is 2.00. The van der Waals surface area contributed by atoms with Crippen molar-refractivity contribution in [2.24, 2.45) is 17.6 Å². The maximum atomic E-state index is 14.0. The van der Waals surface area contributed by atoms with Crippen LogP contribution in [-0.2, 0) is 16.6 Å². The number of aromatic nitrogens is 4. The highest BCUT2D eigenvalue weighted by atomic mass is 32.2. The van der Waals surface area contributed by atoms with Crippen molar-refractivity contribution < 1.29 is 17.9 Å². The number of nitrogens with two attached hydrogens (primary N) is 1. The minimum atomic E-state index is -3.79. The Kier molecular flexibility index (Phi) is 6.88. The molecule has 4 fully saturated rings. The zero-order chi connectivity index (χ0) is 33.6. The summed E-state index contributed by atoms with van der Waals surface area (Å²) in [6.07, 6.45) is 6.09. The second-order valence-electron chi connectivity index (χ2n) is 13.9. The molecule has 2 bridgehead atoms. The van der Waals surface area contributed by atoms with Gasteiger partial charge in [-0.25, -0.2) is 18.4 Å². The van der Waals surface area contributed by atoms with Gasteiger partial charge in [-0.05, 0) is 92.1 Å². The van der Waals surface area contributed by atoms with Crippen molar-refractivity contribution in [2.45, 2.75) is 55.2 Å². The molecule has 12 nitrogen and oxygen atoms in total. The highest BCUT2D eigenvalue weighted by Gasteiger charge is 2.47. The molecule has 1 amide bonds. The number of methoxy groups -OCH3 is 1. The number of ether oxygens (including phenoxy) is 1. The lowest BCUT2D eigenvalue weighted by molar-refractivity contribution is 0.0700. The quantitative estimate of drug-likeness (QED) is 0.257. The molecule has 3 aromatic heterocycles. The SMILES string of the molecule is COc1cc(C(=O)N2C[C@H]3CC[C@@H]2[C@@H]3N)cc2nc(-c3cc4cccnc4n3CC3CC3)n(C3CN(S(=O)(=O)c4ccc(C#N)cc4)C3)c12. The first-order valence-corrected chi connectivity index (χ1v) is 18.3. The summed E-state index contributed by atoms with van der Waals surface area (Å²) in [7, 11) is -2.20. The summed E-state index contributed by atoms with van der Waals surface area (Å²) >= 11 is 0. The second kappa shape index (κ2) is 11.1. The van der Waals surface area contributed by atoms with E-state index in [9.17, 15) is 18.5 Å². The fraction of sp³-hybridized carbons (Fsp3) is 0.389. The highest BCUT2D eigenvalue weighted by molar-refractivity contribution is 7.89. The number of carbonyl (C=O) groups is 1. The number of benzene rings is 2. The normalized spacial score (nSPS) is 22.6. The Bertz CT molecular complexity index is 2300. The number of amides is 1. The van der Waals surface area contributed by atoms with E-state index in [1.54, 1.807) is 19.4 Å². The van der Waals surface area contributed by atoms with Crippen LogP contribution >= 0.6 is 0 Å². The number of hydrogen-bond acceptors (Lipinski definition) is 8. The van der Waals surface area contributed by atoms with Crippen LogP contribution in [0.4, 0.5) is 0 Å².